The number of rotatable bonds is 33. The molecule has 3 atom stereocenters. The molecule has 0 saturated heterocycles. The summed E-state index contributed by atoms with van der Waals surface area (Å²) in [6.45, 7) is 2.00. The molecule has 0 heterocycles. The van der Waals surface area contributed by atoms with Crippen molar-refractivity contribution in [1.82, 2.24) is 0 Å². The van der Waals surface area contributed by atoms with Crippen LogP contribution in [0.2, 0.25) is 0 Å². The molecule has 0 aliphatic carbocycles. The normalized spacial score (nSPS) is 15.0. The van der Waals surface area contributed by atoms with E-state index in [0.29, 0.717) is 12.8 Å². The first-order valence-electron chi connectivity index (χ1n) is 18.6. The highest BCUT2D eigenvalue weighted by molar-refractivity contribution is 7.47. The third-order valence-corrected chi connectivity index (χ3v) is 8.15. The van der Waals surface area contributed by atoms with E-state index in [1.165, 1.54) is 6.42 Å². The van der Waals surface area contributed by atoms with Crippen LogP contribution in [-0.2, 0) is 32.7 Å². The molecule has 51 heavy (non-hydrogen) atoms. The number of ether oxygens (including phenoxy) is 2. The molecule has 0 aliphatic rings. The molecule has 3 N–H and O–H groups in total. The Kier molecular flexibility index (Phi) is 33.6. The van der Waals surface area contributed by atoms with Crippen LogP contribution in [0.5, 0.6) is 0 Å². The molecule has 0 fully saturated rings. The summed E-state index contributed by atoms with van der Waals surface area (Å²) >= 11 is 0. The number of carbonyl (C=O) groups excluding carboxylic acids is 2. The topological polar surface area (TPSA) is 149 Å². The average molecular weight is 737 g/mol. The summed E-state index contributed by atoms with van der Waals surface area (Å²) in [5, 5.41) is 18.3. The summed E-state index contributed by atoms with van der Waals surface area (Å²) in [5.41, 5.74) is 0. The number of carbonyl (C=O) groups is 2. The van der Waals surface area contributed by atoms with E-state index in [1.807, 2.05) is 48.6 Å². The van der Waals surface area contributed by atoms with Crippen molar-refractivity contribution in [1.29, 1.82) is 0 Å². The van der Waals surface area contributed by atoms with Crippen LogP contribution in [0.4, 0.5) is 0 Å². The van der Waals surface area contributed by atoms with E-state index in [2.05, 4.69) is 54.8 Å². The van der Waals surface area contributed by atoms with Gasteiger partial charge in [0.2, 0.25) is 0 Å². The van der Waals surface area contributed by atoms with Crippen LogP contribution in [-0.4, -0.2) is 65.7 Å². The lowest BCUT2D eigenvalue weighted by molar-refractivity contribution is -0.161. The molecule has 0 aromatic carbocycles. The lowest BCUT2D eigenvalue weighted by Crippen LogP contribution is -2.29. The van der Waals surface area contributed by atoms with E-state index in [1.54, 1.807) is 0 Å². The molecule has 0 rings (SSSR count). The Hall–Kier alpha value is -2.85. The van der Waals surface area contributed by atoms with Crippen molar-refractivity contribution in [2.75, 3.05) is 26.4 Å². The first-order chi connectivity index (χ1) is 24.7. The number of allylic oxidation sites excluding steroid dienone is 14. The largest absolute Gasteiger partial charge is 0.472 e. The maximum absolute atomic E-state index is 12.5. The van der Waals surface area contributed by atoms with Crippen LogP contribution in [0, 0.1) is 0 Å². The molecule has 0 bridgehead atoms. The maximum atomic E-state index is 12.5. The summed E-state index contributed by atoms with van der Waals surface area (Å²) in [6, 6.07) is 0. The van der Waals surface area contributed by atoms with Gasteiger partial charge in [0, 0.05) is 12.8 Å². The van der Waals surface area contributed by atoms with Crippen LogP contribution in [0.15, 0.2) is 85.1 Å². The second-order valence-corrected chi connectivity index (χ2v) is 13.4. The minimum Gasteiger partial charge on any atom is -0.462 e. The number of unbranched alkanes of at least 4 members (excludes halogenated alkanes) is 10. The molecule has 11 heteroatoms. The second kappa shape index (κ2) is 35.5. The lowest BCUT2D eigenvalue weighted by atomic mass is 10.1. The van der Waals surface area contributed by atoms with E-state index in [4.69, 9.17) is 19.1 Å². The number of aliphatic hydroxyl groups is 2. The molecule has 2 unspecified atom stereocenters. The highest BCUT2D eigenvalue weighted by Gasteiger charge is 2.27. The number of hydrogen-bond acceptors (Lipinski definition) is 9. The molecular formula is C40H65O10P. The summed E-state index contributed by atoms with van der Waals surface area (Å²) in [7, 11) is -4.63. The van der Waals surface area contributed by atoms with Crippen molar-refractivity contribution < 1.29 is 47.8 Å². The molecule has 0 amide bonds. The second-order valence-electron chi connectivity index (χ2n) is 12.0. The van der Waals surface area contributed by atoms with E-state index < -0.39 is 51.8 Å². The van der Waals surface area contributed by atoms with E-state index in [-0.39, 0.29) is 19.4 Å². The quantitative estimate of drug-likeness (QED) is 0.0258. The van der Waals surface area contributed by atoms with Crippen LogP contribution in [0.25, 0.3) is 0 Å². The molecule has 290 valence electrons. The highest BCUT2D eigenvalue weighted by Crippen LogP contribution is 2.43. The minimum absolute atomic E-state index is 0.130. The van der Waals surface area contributed by atoms with E-state index >= 15 is 0 Å². The predicted octanol–water partition coefficient (Wildman–Crippen LogP) is 9.10. The first kappa shape index (κ1) is 48.1. The monoisotopic (exact) mass is 736 g/mol. The number of hydrogen-bond donors (Lipinski definition) is 3. The number of aliphatic hydroxyl groups excluding tert-OH is 2. The Morgan fingerprint density at radius 3 is 1.55 bits per heavy atom. The Morgan fingerprint density at radius 2 is 1.02 bits per heavy atom. The molecule has 10 nitrogen and oxygen atoms in total. The van der Waals surface area contributed by atoms with Crippen molar-refractivity contribution in [2.45, 2.75) is 129 Å². The van der Waals surface area contributed by atoms with Crippen molar-refractivity contribution >= 4 is 19.8 Å². The fourth-order valence-corrected chi connectivity index (χ4v) is 5.14. The third kappa shape index (κ3) is 35.3. The van der Waals surface area contributed by atoms with Crippen molar-refractivity contribution in [3.63, 3.8) is 0 Å². The Labute approximate surface area is 307 Å². The maximum Gasteiger partial charge on any atom is 0.472 e. The minimum atomic E-state index is -4.63. The van der Waals surface area contributed by atoms with Crippen LogP contribution in [0.3, 0.4) is 0 Å². The van der Waals surface area contributed by atoms with Gasteiger partial charge in [0.25, 0.3) is 0 Å². The Balaban J connectivity index is 4.48. The summed E-state index contributed by atoms with van der Waals surface area (Å²) < 4.78 is 32.5. The molecule has 0 aromatic heterocycles. The smallest absolute Gasteiger partial charge is 0.462 e. The van der Waals surface area contributed by atoms with E-state index in [9.17, 15) is 24.2 Å². The number of esters is 2. The van der Waals surface area contributed by atoms with Gasteiger partial charge in [-0.1, -0.05) is 137 Å². The molecule has 0 radical (unpaired) electrons. The highest BCUT2D eigenvalue weighted by atomic mass is 31.2. The van der Waals surface area contributed by atoms with E-state index in [0.717, 1.165) is 70.6 Å². The molecule has 0 saturated carbocycles. The van der Waals surface area contributed by atoms with Crippen molar-refractivity contribution in [2.24, 2.45) is 0 Å². The molecule has 0 aliphatic heterocycles. The van der Waals surface area contributed by atoms with Gasteiger partial charge in [0.05, 0.1) is 19.8 Å². The van der Waals surface area contributed by atoms with Crippen LogP contribution < -0.4 is 0 Å². The predicted molar refractivity (Wildman–Crippen MR) is 205 cm³/mol. The van der Waals surface area contributed by atoms with Gasteiger partial charge < -0.3 is 24.6 Å². The van der Waals surface area contributed by atoms with Crippen LogP contribution in [0.1, 0.15) is 117 Å². The van der Waals surface area contributed by atoms with Gasteiger partial charge in [-0.3, -0.25) is 18.6 Å². The molecular weight excluding hydrogens is 671 g/mol. The SMILES string of the molecule is CC/C=C/C=C/C=C/C=C/CCCCCC(=O)OC(COC(=O)CCCCCCCCC/C=C/C=C/C=C/CC)COP(=O)(O)OC[C@@H](O)CO. The molecule has 0 spiro atoms. The van der Waals surface area contributed by atoms with Gasteiger partial charge in [-0.05, 0) is 51.4 Å². The zero-order chi connectivity index (χ0) is 37.7. The van der Waals surface area contributed by atoms with Crippen molar-refractivity contribution in [3.05, 3.63) is 85.1 Å². The summed E-state index contributed by atoms with van der Waals surface area (Å²) in [4.78, 5) is 34.8. The van der Waals surface area contributed by atoms with Gasteiger partial charge in [-0.15, -0.1) is 0 Å². The fourth-order valence-electron chi connectivity index (χ4n) is 4.35. The van der Waals surface area contributed by atoms with Gasteiger partial charge >= 0.3 is 19.8 Å². The number of phosphoric acid groups is 1. The van der Waals surface area contributed by atoms with Crippen molar-refractivity contribution in [3.8, 4) is 0 Å². The van der Waals surface area contributed by atoms with Gasteiger partial charge in [0.1, 0.15) is 12.7 Å². The number of phosphoric ester groups is 1. The lowest BCUT2D eigenvalue weighted by Gasteiger charge is -2.20. The van der Waals surface area contributed by atoms with Gasteiger partial charge in [-0.2, -0.15) is 0 Å². The summed E-state index contributed by atoms with van der Waals surface area (Å²) in [6.07, 6.45) is 39.9. The average Bonchev–Trinajstić information content (AvgIpc) is 3.12. The summed E-state index contributed by atoms with van der Waals surface area (Å²) in [5.74, 6) is -0.997. The van der Waals surface area contributed by atoms with Gasteiger partial charge in [-0.25, -0.2) is 4.57 Å². The Bertz CT molecular complexity index is 1120. The molecule has 0 aromatic rings. The fraction of sp³-hybridized carbons (Fsp3) is 0.600. The zero-order valence-corrected chi connectivity index (χ0v) is 31.9. The van der Waals surface area contributed by atoms with Gasteiger partial charge in [0.15, 0.2) is 6.10 Å². The first-order valence-corrected chi connectivity index (χ1v) is 20.1. The Morgan fingerprint density at radius 1 is 0.588 bits per heavy atom. The standard InChI is InChI=1S/C40H65O10P/c1-3-5-7-9-11-13-15-17-18-20-21-23-25-27-29-31-39(43)47-35-38(36-49-51(45,46)48-34-37(42)33-41)50-40(44)32-30-28-26-24-22-19-16-14-12-10-8-6-4-2/h5-16,19,22,37-38,41-42H,3-4,17-18,20-21,23-36H2,1-2H3,(H,45,46)/b7-5+,8-6+,11-9+,12-10+,15-13+,16-14+,22-19+/t37-,38?/m0/s1. The zero-order valence-electron chi connectivity index (χ0n) is 31.0. The van der Waals surface area contributed by atoms with Crippen LogP contribution >= 0.6 is 7.82 Å². The third-order valence-electron chi connectivity index (χ3n) is 7.20.